The Balaban J connectivity index is 2.12. The van der Waals surface area contributed by atoms with Crippen LogP contribution in [-0.2, 0) is 6.18 Å². The van der Waals surface area contributed by atoms with E-state index in [-0.39, 0.29) is 28.7 Å². The van der Waals surface area contributed by atoms with Gasteiger partial charge in [-0.1, -0.05) is 12.1 Å². The molecule has 7 nitrogen and oxygen atoms in total. The third-order valence-corrected chi connectivity index (χ3v) is 3.80. The first-order chi connectivity index (χ1) is 13.2. The number of nitrogen functional groups attached to an aromatic ring is 1. The van der Waals surface area contributed by atoms with E-state index in [1.807, 2.05) is 0 Å². The first kappa shape index (κ1) is 19.1. The molecular formula is C17H14F4N6O. The van der Waals surface area contributed by atoms with Crippen LogP contribution in [0.2, 0.25) is 0 Å². The number of anilines is 3. The monoisotopic (exact) mass is 394 g/mol. The fourth-order valence-electron chi connectivity index (χ4n) is 2.62. The number of carbonyl (C=O) groups excluding carboxylic acids is 1. The van der Waals surface area contributed by atoms with Gasteiger partial charge in [-0.25, -0.2) is 9.49 Å². The summed E-state index contributed by atoms with van der Waals surface area (Å²) in [7, 11) is 1.38. The first-order valence-corrected chi connectivity index (χ1v) is 7.87. The van der Waals surface area contributed by atoms with Crippen molar-refractivity contribution in [3.63, 3.8) is 0 Å². The lowest BCUT2D eigenvalue weighted by Gasteiger charge is -2.16. The van der Waals surface area contributed by atoms with Crippen LogP contribution in [0.15, 0.2) is 36.4 Å². The number of alkyl halides is 3. The molecule has 28 heavy (non-hydrogen) atoms. The van der Waals surface area contributed by atoms with Gasteiger partial charge in [0.1, 0.15) is 5.82 Å². The van der Waals surface area contributed by atoms with Crippen molar-refractivity contribution in [1.82, 2.24) is 20.5 Å². The van der Waals surface area contributed by atoms with Crippen LogP contribution in [0.4, 0.5) is 35.1 Å². The third kappa shape index (κ3) is 3.87. The Hall–Kier alpha value is -3.63. The molecule has 0 aliphatic rings. The second-order valence-corrected chi connectivity index (χ2v) is 5.71. The predicted octanol–water partition coefficient (Wildman–Crippen LogP) is 3.32. The zero-order valence-corrected chi connectivity index (χ0v) is 14.4. The van der Waals surface area contributed by atoms with Crippen molar-refractivity contribution in [3.05, 3.63) is 53.3 Å². The summed E-state index contributed by atoms with van der Waals surface area (Å²) >= 11 is 0. The average Bonchev–Trinajstić information content (AvgIpc) is 3.04. The highest BCUT2D eigenvalue weighted by Gasteiger charge is 2.36. The van der Waals surface area contributed by atoms with Crippen molar-refractivity contribution in [1.29, 1.82) is 0 Å². The standard InChI is InChI=1S/C17H14F4N6O/c1-23-14(28)9-4-2-3-8(5-9)13-11(17(19,20)21)6-10(7-12(13)18)24-16-25-15(22)26-27-16/h2-7H,1H3,(H,23,28)(H4,22,24,25,26,27). The van der Waals surface area contributed by atoms with Gasteiger partial charge in [-0.2, -0.15) is 18.2 Å². The second kappa shape index (κ2) is 7.18. The Bertz CT molecular complexity index is 1030. The maximum absolute atomic E-state index is 14.7. The molecule has 5 N–H and O–H groups in total. The van der Waals surface area contributed by atoms with Crippen molar-refractivity contribution in [2.24, 2.45) is 0 Å². The number of nitrogens with two attached hydrogens (primary N) is 1. The van der Waals surface area contributed by atoms with Crippen LogP contribution < -0.4 is 16.4 Å². The van der Waals surface area contributed by atoms with Gasteiger partial charge in [-0.05, 0) is 29.8 Å². The van der Waals surface area contributed by atoms with Crippen LogP contribution in [-0.4, -0.2) is 28.1 Å². The number of hydrogen-bond acceptors (Lipinski definition) is 5. The van der Waals surface area contributed by atoms with Crippen LogP contribution in [0, 0.1) is 5.82 Å². The van der Waals surface area contributed by atoms with Gasteiger partial charge in [0.05, 0.1) is 5.56 Å². The van der Waals surface area contributed by atoms with Gasteiger partial charge in [0.15, 0.2) is 0 Å². The van der Waals surface area contributed by atoms with E-state index >= 15 is 0 Å². The number of amides is 1. The predicted molar refractivity (Wildman–Crippen MR) is 94.3 cm³/mol. The molecule has 0 bridgehead atoms. The normalized spacial score (nSPS) is 11.3. The minimum atomic E-state index is -4.85. The number of aromatic amines is 1. The van der Waals surface area contributed by atoms with E-state index < -0.39 is 29.0 Å². The molecule has 0 unspecified atom stereocenters. The highest BCUT2D eigenvalue weighted by atomic mass is 19.4. The lowest BCUT2D eigenvalue weighted by atomic mass is 9.96. The molecular weight excluding hydrogens is 380 g/mol. The Morgan fingerprint density at radius 2 is 1.96 bits per heavy atom. The molecule has 2 aromatic carbocycles. The largest absolute Gasteiger partial charge is 0.417 e. The summed E-state index contributed by atoms with van der Waals surface area (Å²) in [5.74, 6) is -1.79. The molecule has 0 atom stereocenters. The molecule has 0 aliphatic heterocycles. The number of nitrogens with one attached hydrogen (secondary N) is 3. The lowest BCUT2D eigenvalue weighted by Crippen LogP contribution is -2.17. The van der Waals surface area contributed by atoms with E-state index in [4.69, 9.17) is 5.73 Å². The molecule has 1 amide bonds. The number of aromatic nitrogens is 3. The van der Waals surface area contributed by atoms with E-state index in [1.54, 1.807) is 0 Å². The number of carbonyl (C=O) groups is 1. The van der Waals surface area contributed by atoms with Crippen molar-refractivity contribution in [3.8, 4) is 11.1 Å². The van der Waals surface area contributed by atoms with Gasteiger partial charge >= 0.3 is 6.18 Å². The van der Waals surface area contributed by atoms with E-state index in [2.05, 4.69) is 25.8 Å². The summed E-state index contributed by atoms with van der Waals surface area (Å²) in [5, 5.41) is 10.7. The minimum Gasteiger partial charge on any atom is -0.366 e. The van der Waals surface area contributed by atoms with Crippen LogP contribution in [0.1, 0.15) is 15.9 Å². The second-order valence-electron chi connectivity index (χ2n) is 5.71. The number of halogens is 4. The SMILES string of the molecule is CNC(=O)c1cccc(-c2c(F)cc(Nc3nc(N)n[nH]3)cc2C(F)(F)F)c1. The smallest absolute Gasteiger partial charge is 0.366 e. The molecule has 1 heterocycles. The molecule has 3 aromatic rings. The van der Waals surface area contributed by atoms with Crippen LogP contribution in [0.5, 0.6) is 0 Å². The molecule has 1 aromatic heterocycles. The quantitative estimate of drug-likeness (QED) is 0.508. The Kier molecular flexibility index (Phi) is 4.91. The Morgan fingerprint density at radius 3 is 2.57 bits per heavy atom. The molecule has 3 rings (SSSR count). The molecule has 146 valence electrons. The van der Waals surface area contributed by atoms with E-state index in [9.17, 15) is 22.4 Å². The highest BCUT2D eigenvalue weighted by molar-refractivity contribution is 5.95. The fourth-order valence-corrected chi connectivity index (χ4v) is 2.62. The van der Waals surface area contributed by atoms with Crippen molar-refractivity contribution < 1.29 is 22.4 Å². The zero-order chi connectivity index (χ0) is 20.5. The number of benzene rings is 2. The summed E-state index contributed by atoms with van der Waals surface area (Å²) in [5.41, 5.74) is 3.27. The van der Waals surface area contributed by atoms with Crippen LogP contribution in [0.25, 0.3) is 11.1 Å². The van der Waals surface area contributed by atoms with Gasteiger partial charge in [0, 0.05) is 23.9 Å². The molecule has 0 spiro atoms. The molecule has 0 saturated heterocycles. The number of H-pyrrole nitrogens is 1. The van der Waals surface area contributed by atoms with Gasteiger partial charge in [-0.3, -0.25) is 4.79 Å². The van der Waals surface area contributed by atoms with Gasteiger partial charge < -0.3 is 16.4 Å². The van der Waals surface area contributed by atoms with Gasteiger partial charge in [-0.15, -0.1) is 5.10 Å². The van der Waals surface area contributed by atoms with Crippen molar-refractivity contribution in [2.75, 3.05) is 18.1 Å². The Morgan fingerprint density at radius 1 is 1.21 bits per heavy atom. The van der Waals surface area contributed by atoms with Crippen LogP contribution in [0.3, 0.4) is 0 Å². The van der Waals surface area contributed by atoms with Gasteiger partial charge in [0.25, 0.3) is 5.91 Å². The number of rotatable bonds is 4. The zero-order valence-electron chi connectivity index (χ0n) is 14.4. The maximum atomic E-state index is 14.7. The lowest BCUT2D eigenvalue weighted by molar-refractivity contribution is -0.137. The third-order valence-electron chi connectivity index (χ3n) is 3.80. The fraction of sp³-hybridized carbons (Fsp3) is 0.118. The average molecular weight is 394 g/mol. The van der Waals surface area contributed by atoms with E-state index in [0.29, 0.717) is 0 Å². The molecule has 0 radical (unpaired) electrons. The summed E-state index contributed by atoms with van der Waals surface area (Å²) in [6, 6.07) is 6.90. The molecule has 0 saturated carbocycles. The molecule has 0 aliphatic carbocycles. The maximum Gasteiger partial charge on any atom is 0.417 e. The first-order valence-electron chi connectivity index (χ1n) is 7.87. The topological polar surface area (TPSA) is 109 Å². The van der Waals surface area contributed by atoms with E-state index in [1.165, 1.54) is 31.3 Å². The Labute approximate surface area is 156 Å². The van der Waals surface area contributed by atoms with E-state index in [0.717, 1.165) is 12.1 Å². The van der Waals surface area contributed by atoms with Crippen molar-refractivity contribution >= 4 is 23.5 Å². The molecule has 0 fully saturated rings. The summed E-state index contributed by atoms with van der Waals surface area (Å²) < 4.78 is 55.6. The molecule has 11 heteroatoms. The summed E-state index contributed by atoms with van der Waals surface area (Å²) in [4.78, 5) is 15.5. The number of hydrogen-bond donors (Lipinski definition) is 4. The highest BCUT2D eigenvalue weighted by Crippen LogP contribution is 2.40. The number of nitrogens with zero attached hydrogens (tertiary/aromatic N) is 2. The minimum absolute atomic E-state index is 0.0422. The van der Waals surface area contributed by atoms with Crippen LogP contribution >= 0.6 is 0 Å². The van der Waals surface area contributed by atoms with Gasteiger partial charge in [0.2, 0.25) is 11.9 Å². The van der Waals surface area contributed by atoms with Crippen molar-refractivity contribution in [2.45, 2.75) is 6.18 Å². The summed E-state index contributed by atoms with van der Waals surface area (Å²) in [6.07, 6.45) is -4.85. The summed E-state index contributed by atoms with van der Waals surface area (Å²) in [6.45, 7) is 0.